The van der Waals surface area contributed by atoms with Crippen LogP contribution in [0.3, 0.4) is 0 Å². The molecule has 0 unspecified atom stereocenters. The number of phosphoric ester groups is 2. The number of hydrogen-bond donors (Lipinski definition) is 6. The van der Waals surface area contributed by atoms with Gasteiger partial charge in [-0.25, -0.2) is 9.13 Å². The largest absolute Gasteiger partial charge is 0.470 e. The summed E-state index contributed by atoms with van der Waals surface area (Å²) < 4.78 is 28.1. The van der Waals surface area contributed by atoms with Gasteiger partial charge in [-0.1, -0.05) is 0 Å². The number of phosphoric acid groups is 2. The molecular formula is C5H12O11P2. The minimum Gasteiger partial charge on any atom is -0.388 e. The maximum absolute atomic E-state index is 11.0. The Bertz CT molecular complexity index is 368. The normalized spacial score (nSPS) is 16.3. The van der Waals surface area contributed by atoms with Gasteiger partial charge in [-0.3, -0.25) is 13.8 Å². The van der Waals surface area contributed by atoms with Crippen LogP contribution in [0.2, 0.25) is 0 Å². The van der Waals surface area contributed by atoms with E-state index in [9.17, 15) is 13.9 Å². The number of Topliss-reactive ketones (excluding diaryl/α,β-unsaturated/α-hetero) is 1. The van der Waals surface area contributed by atoms with Gasteiger partial charge in [0.25, 0.3) is 0 Å². The summed E-state index contributed by atoms with van der Waals surface area (Å²) in [5.74, 6) is -1.29. The Hall–Kier alpha value is -0.190. The first-order valence-corrected chi connectivity index (χ1v) is 7.27. The van der Waals surface area contributed by atoms with Crippen LogP contribution in [-0.2, 0) is 23.0 Å². The molecule has 0 spiro atoms. The van der Waals surface area contributed by atoms with E-state index in [1.807, 2.05) is 0 Å². The van der Waals surface area contributed by atoms with Gasteiger partial charge in [0.1, 0.15) is 18.8 Å². The number of ketones is 1. The molecule has 0 saturated carbocycles. The Morgan fingerprint density at radius 1 is 1.00 bits per heavy atom. The fourth-order valence-corrected chi connectivity index (χ4v) is 1.35. The van der Waals surface area contributed by atoms with Crippen molar-refractivity contribution in [2.24, 2.45) is 0 Å². The van der Waals surface area contributed by atoms with Crippen molar-refractivity contribution >= 4 is 21.4 Å². The number of hydrogen-bond acceptors (Lipinski definition) is 7. The summed E-state index contributed by atoms with van der Waals surface area (Å²) in [5.41, 5.74) is 0. The van der Waals surface area contributed by atoms with E-state index in [4.69, 9.17) is 29.8 Å². The van der Waals surface area contributed by atoms with Crippen molar-refractivity contribution in [1.82, 2.24) is 0 Å². The van der Waals surface area contributed by atoms with E-state index in [0.29, 0.717) is 0 Å². The first kappa shape index (κ1) is 17.8. The highest BCUT2D eigenvalue weighted by molar-refractivity contribution is 7.46. The van der Waals surface area contributed by atoms with E-state index in [1.54, 1.807) is 0 Å². The fourth-order valence-electron chi connectivity index (χ4n) is 0.712. The molecule has 0 aliphatic heterocycles. The lowest BCUT2D eigenvalue weighted by atomic mass is 10.1. The highest BCUT2D eigenvalue weighted by Gasteiger charge is 2.29. The third-order valence-electron chi connectivity index (χ3n) is 1.48. The van der Waals surface area contributed by atoms with Gasteiger partial charge in [-0.2, -0.15) is 0 Å². The van der Waals surface area contributed by atoms with Crippen LogP contribution in [0.1, 0.15) is 0 Å². The van der Waals surface area contributed by atoms with Crippen LogP contribution in [0.25, 0.3) is 0 Å². The van der Waals surface area contributed by atoms with Gasteiger partial charge in [0.15, 0.2) is 5.78 Å². The summed E-state index contributed by atoms with van der Waals surface area (Å²) >= 11 is 0. The quantitative estimate of drug-likeness (QED) is 0.259. The molecule has 0 aromatic rings. The standard InChI is InChI=1S/C5H12O11P2/c6-3(1-15-17(9,10)11)5(8)4(7)2-16-18(12,13)14/h3,5-6,8H,1-2H2,(H2,9,10,11)(H2,12,13,14)/t3-,5+/m1/s1. The van der Waals surface area contributed by atoms with Crippen molar-refractivity contribution < 1.29 is 52.8 Å². The third kappa shape index (κ3) is 8.84. The molecule has 0 saturated heterocycles. The lowest BCUT2D eigenvalue weighted by Crippen LogP contribution is -2.38. The molecule has 0 bridgehead atoms. The molecule has 0 aliphatic carbocycles. The average molecular weight is 310 g/mol. The first-order chi connectivity index (χ1) is 7.92. The molecular weight excluding hydrogens is 298 g/mol. The number of rotatable bonds is 8. The van der Waals surface area contributed by atoms with Crippen molar-refractivity contribution in [3.63, 3.8) is 0 Å². The van der Waals surface area contributed by atoms with E-state index >= 15 is 0 Å². The second kappa shape index (κ2) is 6.83. The number of carbonyl (C=O) groups is 1. The molecule has 108 valence electrons. The van der Waals surface area contributed by atoms with Crippen molar-refractivity contribution in [3.8, 4) is 0 Å². The van der Waals surface area contributed by atoms with Crippen LogP contribution in [0.4, 0.5) is 0 Å². The van der Waals surface area contributed by atoms with Crippen molar-refractivity contribution in [3.05, 3.63) is 0 Å². The zero-order chi connectivity index (χ0) is 14.6. The Morgan fingerprint density at radius 2 is 1.44 bits per heavy atom. The summed E-state index contributed by atoms with van der Waals surface area (Å²) in [5, 5.41) is 18.2. The van der Waals surface area contributed by atoms with E-state index in [-0.39, 0.29) is 0 Å². The van der Waals surface area contributed by atoms with Gasteiger partial charge in [0.2, 0.25) is 0 Å². The molecule has 6 N–H and O–H groups in total. The fraction of sp³-hybridized carbons (Fsp3) is 0.800. The second-order valence-electron chi connectivity index (χ2n) is 3.03. The molecule has 0 radical (unpaired) electrons. The van der Waals surface area contributed by atoms with E-state index in [2.05, 4.69) is 9.05 Å². The summed E-state index contributed by atoms with van der Waals surface area (Å²) in [7, 11) is -9.77. The summed E-state index contributed by atoms with van der Waals surface area (Å²) in [6.45, 7) is -2.23. The number of carbonyl (C=O) groups excluding carboxylic acids is 1. The highest BCUT2D eigenvalue weighted by Crippen LogP contribution is 2.36. The molecule has 0 fully saturated rings. The van der Waals surface area contributed by atoms with Gasteiger partial charge in [0, 0.05) is 0 Å². The Morgan fingerprint density at radius 3 is 1.83 bits per heavy atom. The molecule has 0 amide bonds. The van der Waals surface area contributed by atoms with Crippen molar-refractivity contribution in [1.29, 1.82) is 0 Å². The van der Waals surface area contributed by atoms with Gasteiger partial charge < -0.3 is 29.8 Å². The lowest BCUT2D eigenvalue weighted by molar-refractivity contribution is -0.136. The lowest BCUT2D eigenvalue weighted by Gasteiger charge is -2.17. The number of aliphatic hydroxyl groups excluding tert-OH is 2. The minimum absolute atomic E-state index is 1.05. The Kier molecular flexibility index (Phi) is 6.75. The topological polar surface area (TPSA) is 191 Å². The molecule has 11 nitrogen and oxygen atoms in total. The molecule has 0 aromatic carbocycles. The van der Waals surface area contributed by atoms with Crippen LogP contribution in [0.15, 0.2) is 0 Å². The van der Waals surface area contributed by atoms with E-state index in [1.165, 1.54) is 0 Å². The van der Waals surface area contributed by atoms with E-state index in [0.717, 1.165) is 0 Å². The molecule has 0 heterocycles. The van der Waals surface area contributed by atoms with Crippen molar-refractivity contribution in [2.75, 3.05) is 13.2 Å². The van der Waals surface area contributed by atoms with Gasteiger partial charge in [-0.05, 0) is 0 Å². The maximum Gasteiger partial charge on any atom is 0.470 e. The molecule has 13 heteroatoms. The Labute approximate surface area is 100 Å². The van der Waals surface area contributed by atoms with Crippen LogP contribution < -0.4 is 0 Å². The minimum atomic E-state index is -4.90. The molecule has 0 aliphatic rings. The number of aliphatic hydroxyl groups is 2. The Balaban J connectivity index is 4.21. The van der Waals surface area contributed by atoms with Crippen LogP contribution in [-0.4, -0.2) is 61.0 Å². The second-order valence-corrected chi connectivity index (χ2v) is 5.51. The third-order valence-corrected chi connectivity index (χ3v) is 2.43. The maximum atomic E-state index is 11.0. The average Bonchev–Trinajstić information content (AvgIpc) is 2.19. The van der Waals surface area contributed by atoms with Crippen molar-refractivity contribution in [2.45, 2.75) is 12.2 Å². The molecule has 0 rings (SSSR count). The molecule has 18 heavy (non-hydrogen) atoms. The summed E-state index contributed by atoms with van der Waals surface area (Å²) in [6, 6.07) is 0. The SMILES string of the molecule is O=C(COP(=O)(O)O)[C@@H](O)[C@H](O)COP(=O)(O)O. The summed E-state index contributed by atoms with van der Waals surface area (Å²) in [4.78, 5) is 44.1. The zero-order valence-corrected chi connectivity index (χ0v) is 10.5. The van der Waals surface area contributed by atoms with Crippen LogP contribution in [0, 0.1) is 0 Å². The predicted octanol–water partition coefficient (Wildman–Crippen LogP) is -2.50. The summed E-state index contributed by atoms with van der Waals surface area (Å²) in [6.07, 6.45) is -4.14. The monoisotopic (exact) mass is 310 g/mol. The van der Waals surface area contributed by atoms with Gasteiger partial charge in [-0.15, -0.1) is 0 Å². The van der Waals surface area contributed by atoms with Gasteiger partial charge >= 0.3 is 15.6 Å². The molecule has 0 aromatic heterocycles. The van der Waals surface area contributed by atoms with Crippen LogP contribution >= 0.6 is 15.6 Å². The van der Waals surface area contributed by atoms with E-state index < -0.39 is 46.9 Å². The predicted molar refractivity (Wildman–Crippen MR) is 53.0 cm³/mol. The molecule has 2 atom stereocenters. The first-order valence-electron chi connectivity index (χ1n) is 4.21. The smallest absolute Gasteiger partial charge is 0.388 e. The van der Waals surface area contributed by atoms with Gasteiger partial charge in [0.05, 0.1) is 6.61 Å². The zero-order valence-electron chi connectivity index (χ0n) is 8.69. The highest BCUT2D eigenvalue weighted by atomic mass is 31.2. The van der Waals surface area contributed by atoms with Crippen LogP contribution in [0.5, 0.6) is 0 Å².